The molecule has 33 heavy (non-hydrogen) atoms. The molecule has 6 heteroatoms. The third kappa shape index (κ3) is 6.00. The molecule has 0 bridgehead atoms. The van der Waals surface area contributed by atoms with Crippen molar-refractivity contribution >= 4 is 56.8 Å². The normalized spacial score (nSPS) is 11.2. The summed E-state index contributed by atoms with van der Waals surface area (Å²) >= 11 is 5.40. The minimum absolute atomic E-state index is 0. The summed E-state index contributed by atoms with van der Waals surface area (Å²) in [5.74, 6) is 5.35. The Labute approximate surface area is 213 Å². The van der Waals surface area contributed by atoms with Crippen molar-refractivity contribution in [1.82, 2.24) is 0 Å². The van der Waals surface area contributed by atoms with E-state index in [2.05, 4.69) is 63.5 Å². The van der Waals surface area contributed by atoms with Gasteiger partial charge in [0.05, 0.1) is 12.3 Å². The van der Waals surface area contributed by atoms with E-state index in [0.717, 1.165) is 21.3 Å². The summed E-state index contributed by atoms with van der Waals surface area (Å²) in [6, 6.07) is 22.2. The molecule has 0 saturated heterocycles. The molecule has 0 amide bonds. The molecule has 0 saturated carbocycles. The molecule has 1 N–H and O–H groups in total. The second-order valence-corrected chi connectivity index (χ2v) is 9.13. The van der Waals surface area contributed by atoms with Crippen LogP contribution in [0.2, 0.25) is 0 Å². The maximum Gasteiger partial charge on any atom is 0.304 e. The Morgan fingerprint density at radius 2 is 1.85 bits per heavy atom. The van der Waals surface area contributed by atoms with E-state index in [9.17, 15) is 4.79 Å². The standard InChI is InChI=1S/C27H21BrO3S.H2S/c1-2-5-20(15-27(29)30)19-9-11-21(12-10-19)31-16-18-8-13-26-23(14-18)24(17-32-26)22-6-3-4-7-25(22)28;/h3-4,6-14,17,20H,15-16H2,1H3,(H,29,30);1H2/t20-;/m0./s1. The van der Waals surface area contributed by atoms with Gasteiger partial charge in [-0.1, -0.05) is 58.2 Å². The predicted molar refractivity (Wildman–Crippen MR) is 145 cm³/mol. The average Bonchev–Trinajstić information content (AvgIpc) is 3.21. The summed E-state index contributed by atoms with van der Waals surface area (Å²) in [7, 11) is 0. The quantitative estimate of drug-likeness (QED) is 0.246. The van der Waals surface area contributed by atoms with Gasteiger partial charge in [0, 0.05) is 20.1 Å². The minimum atomic E-state index is -0.858. The summed E-state index contributed by atoms with van der Waals surface area (Å²) in [6.45, 7) is 2.17. The lowest BCUT2D eigenvalue weighted by Gasteiger charge is -2.11. The summed E-state index contributed by atoms with van der Waals surface area (Å²) in [6.07, 6.45) is -0.0123. The molecule has 3 nitrogen and oxygen atoms in total. The van der Waals surface area contributed by atoms with Crippen molar-refractivity contribution in [3.05, 3.63) is 87.7 Å². The first kappa shape index (κ1) is 24.9. The summed E-state index contributed by atoms with van der Waals surface area (Å²) in [4.78, 5) is 11.1. The number of rotatable bonds is 7. The Balaban J connectivity index is 0.00000306. The van der Waals surface area contributed by atoms with Crippen LogP contribution in [0.15, 0.2) is 76.6 Å². The maximum absolute atomic E-state index is 11.1. The fourth-order valence-corrected chi connectivity index (χ4v) is 5.06. The van der Waals surface area contributed by atoms with Gasteiger partial charge >= 0.3 is 5.97 Å². The first-order valence-corrected chi connectivity index (χ1v) is 11.8. The molecule has 1 aromatic heterocycles. The van der Waals surface area contributed by atoms with Crippen molar-refractivity contribution in [1.29, 1.82) is 0 Å². The smallest absolute Gasteiger partial charge is 0.304 e. The van der Waals surface area contributed by atoms with E-state index >= 15 is 0 Å². The van der Waals surface area contributed by atoms with Crippen molar-refractivity contribution in [2.75, 3.05) is 0 Å². The molecule has 0 fully saturated rings. The van der Waals surface area contributed by atoms with Gasteiger partial charge in [-0.25, -0.2) is 0 Å². The van der Waals surface area contributed by atoms with Gasteiger partial charge in [0.25, 0.3) is 0 Å². The van der Waals surface area contributed by atoms with Crippen LogP contribution in [0.5, 0.6) is 5.75 Å². The fourth-order valence-electron chi connectivity index (χ4n) is 3.62. The first-order chi connectivity index (χ1) is 15.5. The van der Waals surface area contributed by atoms with E-state index in [0.29, 0.717) is 6.61 Å². The molecular formula is C27H23BrO3S2. The van der Waals surface area contributed by atoms with Gasteiger partial charge in [0.15, 0.2) is 0 Å². The van der Waals surface area contributed by atoms with Crippen LogP contribution in [0.4, 0.5) is 0 Å². The molecule has 0 aliphatic rings. The summed E-state index contributed by atoms with van der Waals surface area (Å²) in [5.41, 5.74) is 4.37. The molecular weight excluding hydrogens is 516 g/mol. The van der Waals surface area contributed by atoms with Gasteiger partial charge in [-0.15, -0.1) is 17.3 Å². The van der Waals surface area contributed by atoms with Gasteiger partial charge in [-0.2, -0.15) is 13.5 Å². The Hall–Kier alpha value is -2.72. The number of carbonyl (C=O) groups is 1. The van der Waals surface area contributed by atoms with Crippen LogP contribution < -0.4 is 4.74 Å². The molecule has 0 unspecified atom stereocenters. The zero-order valence-electron chi connectivity index (χ0n) is 18.0. The lowest BCUT2D eigenvalue weighted by Crippen LogP contribution is -2.04. The number of ether oxygens (including phenoxy) is 1. The number of carboxylic acid groups (broad SMARTS) is 1. The first-order valence-electron chi connectivity index (χ1n) is 10.2. The van der Waals surface area contributed by atoms with Gasteiger partial charge in [-0.05, 0) is 59.3 Å². The van der Waals surface area contributed by atoms with Crippen LogP contribution in [0, 0.1) is 11.8 Å². The zero-order valence-corrected chi connectivity index (χ0v) is 21.4. The molecule has 168 valence electrons. The van der Waals surface area contributed by atoms with Gasteiger partial charge in [0.1, 0.15) is 12.4 Å². The second-order valence-electron chi connectivity index (χ2n) is 7.36. The zero-order chi connectivity index (χ0) is 22.5. The molecule has 4 aromatic rings. The molecule has 3 aromatic carbocycles. The van der Waals surface area contributed by atoms with E-state index in [-0.39, 0.29) is 25.8 Å². The molecule has 0 aliphatic carbocycles. The maximum atomic E-state index is 11.1. The Morgan fingerprint density at radius 1 is 1.09 bits per heavy atom. The Kier molecular flexibility index (Phi) is 8.62. The number of carboxylic acids is 1. The van der Waals surface area contributed by atoms with Crippen LogP contribution >= 0.6 is 40.8 Å². The average molecular weight is 540 g/mol. The second kappa shape index (κ2) is 11.4. The minimum Gasteiger partial charge on any atom is -0.489 e. The molecule has 0 spiro atoms. The highest BCUT2D eigenvalue weighted by molar-refractivity contribution is 9.10. The van der Waals surface area contributed by atoms with Crippen LogP contribution in [-0.4, -0.2) is 11.1 Å². The molecule has 0 aliphatic heterocycles. The summed E-state index contributed by atoms with van der Waals surface area (Å²) < 4.78 is 8.32. The number of benzene rings is 3. The Morgan fingerprint density at radius 3 is 2.55 bits per heavy atom. The number of thiophene rings is 1. The van der Waals surface area contributed by atoms with Crippen LogP contribution in [0.3, 0.4) is 0 Å². The SMILES string of the molecule is CC#C[C@@H](CC(=O)O)c1ccc(OCc2ccc3scc(-c4ccccc4Br)c3c2)cc1.S. The molecule has 1 heterocycles. The van der Waals surface area contributed by atoms with E-state index < -0.39 is 5.97 Å². The van der Waals surface area contributed by atoms with Crippen molar-refractivity contribution in [3.8, 4) is 28.7 Å². The highest BCUT2D eigenvalue weighted by Gasteiger charge is 2.13. The van der Waals surface area contributed by atoms with E-state index in [4.69, 9.17) is 9.84 Å². The fraction of sp³-hybridized carbons (Fsp3) is 0.148. The molecule has 4 rings (SSSR count). The Bertz CT molecular complexity index is 1320. The van der Waals surface area contributed by atoms with Crippen molar-refractivity contribution in [2.24, 2.45) is 0 Å². The van der Waals surface area contributed by atoms with Gasteiger partial charge < -0.3 is 9.84 Å². The number of hydrogen-bond donors (Lipinski definition) is 1. The lowest BCUT2D eigenvalue weighted by molar-refractivity contribution is -0.137. The number of aliphatic carboxylic acids is 1. The van der Waals surface area contributed by atoms with Crippen LogP contribution in [0.25, 0.3) is 21.2 Å². The molecule has 0 radical (unpaired) electrons. The van der Waals surface area contributed by atoms with Gasteiger partial charge in [-0.3, -0.25) is 4.79 Å². The third-order valence-electron chi connectivity index (χ3n) is 5.19. The predicted octanol–water partition coefficient (Wildman–Crippen LogP) is 7.60. The van der Waals surface area contributed by atoms with Gasteiger partial charge in [0.2, 0.25) is 0 Å². The highest BCUT2D eigenvalue weighted by atomic mass is 79.9. The van der Waals surface area contributed by atoms with E-state index in [1.54, 1.807) is 18.3 Å². The highest BCUT2D eigenvalue weighted by Crippen LogP contribution is 2.38. The lowest BCUT2D eigenvalue weighted by atomic mass is 9.96. The van der Waals surface area contributed by atoms with Crippen molar-refractivity contribution in [3.63, 3.8) is 0 Å². The number of fused-ring (bicyclic) bond motifs is 1. The summed E-state index contributed by atoms with van der Waals surface area (Å²) in [5, 5.41) is 12.5. The number of halogens is 1. The molecule has 1 atom stereocenters. The monoisotopic (exact) mass is 538 g/mol. The van der Waals surface area contributed by atoms with Crippen LogP contribution in [0.1, 0.15) is 30.4 Å². The van der Waals surface area contributed by atoms with E-state index in [1.165, 1.54) is 21.2 Å². The topological polar surface area (TPSA) is 46.5 Å². The van der Waals surface area contributed by atoms with Crippen molar-refractivity contribution < 1.29 is 14.6 Å². The van der Waals surface area contributed by atoms with Crippen LogP contribution in [-0.2, 0) is 11.4 Å². The number of hydrogen-bond acceptors (Lipinski definition) is 3. The largest absolute Gasteiger partial charge is 0.489 e. The van der Waals surface area contributed by atoms with Crippen molar-refractivity contribution in [2.45, 2.75) is 25.9 Å². The van der Waals surface area contributed by atoms with E-state index in [1.807, 2.05) is 36.4 Å². The third-order valence-corrected chi connectivity index (χ3v) is 6.84.